The van der Waals surface area contributed by atoms with E-state index in [1.165, 1.54) is 6.07 Å². The Morgan fingerprint density at radius 2 is 2.08 bits per heavy atom. The molecule has 0 bridgehead atoms. The molecular formula is C8H6O4. The second-order valence-electron chi connectivity index (χ2n) is 2.57. The third kappa shape index (κ3) is 0.812. The van der Waals surface area contributed by atoms with E-state index in [2.05, 4.69) is 4.74 Å². The Morgan fingerprint density at radius 1 is 1.33 bits per heavy atom. The predicted molar refractivity (Wildman–Crippen MR) is 39.1 cm³/mol. The first-order valence-corrected chi connectivity index (χ1v) is 3.43. The molecule has 62 valence electrons. The summed E-state index contributed by atoms with van der Waals surface area (Å²) in [6.45, 7) is 0. The van der Waals surface area contributed by atoms with Gasteiger partial charge in [-0.2, -0.15) is 0 Å². The molecular weight excluding hydrogens is 160 g/mol. The Labute approximate surface area is 68.0 Å². The smallest absolute Gasteiger partial charge is 0.315 e. The molecule has 1 aromatic rings. The van der Waals surface area contributed by atoms with Gasteiger partial charge in [0.25, 0.3) is 0 Å². The highest BCUT2D eigenvalue weighted by molar-refractivity contribution is 5.83. The lowest BCUT2D eigenvalue weighted by Gasteiger charge is -2.01. The third-order valence-electron chi connectivity index (χ3n) is 1.74. The summed E-state index contributed by atoms with van der Waals surface area (Å²) in [4.78, 5) is 10.7. The van der Waals surface area contributed by atoms with Gasteiger partial charge in [0.1, 0.15) is 0 Å². The molecule has 1 aliphatic heterocycles. The fourth-order valence-corrected chi connectivity index (χ4v) is 1.16. The molecule has 4 heteroatoms. The molecule has 2 rings (SSSR count). The summed E-state index contributed by atoms with van der Waals surface area (Å²) in [6.07, 6.45) is 0.156. The maximum Gasteiger partial charge on any atom is 0.315 e. The maximum absolute atomic E-state index is 10.7. The number of benzene rings is 1. The van der Waals surface area contributed by atoms with Crippen molar-refractivity contribution in [3.8, 4) is 17.2 Å². The van der Waals surface area contributed by atoms with Crippen LogP contribution in [-0.4, -0.2) is 16.2 Å². The Hall–Kier alpha value is -1.71. The van der Waals surface area contributed by atoms with Crippen LogP contribution in [0.2, 0.25) is 0 Å². The van der Waals surface area contributed by atoms with E-state index >= 15 is 0 Å². The van der Waals surface area contributed by atoms with Crippen molar-refractivity contribution in [2.75, 3.05) is 0 Å². The standard InChI is InChI=1S/C8H6O4/c9-5-2-1-4-3-6(10)12-8(4)7(5)11/h1-2,9,11H,3H2. The highest BCUT2D eigenvalue weighted by Crippen LogP contribution is 2.41. The average molecular weight is 166 g/mol. The number of carbonyl (C=O) groups excluding carboxylic acids is 1. The second kappa shape index (κ2) is 2.14. The maximum atomic E-state index is 10.7. The summed E-state index contributed by atoms with van der Waals surface area (Å²) in [5.41, 5.74) is 0.607. The summed E-state index contributed by atoms with van der Waals surface area (Å²) in [6, 6.07) is 2.88. The van der Waals surface area contributed by atoms with Crippen molar-refractivity contribution in [3.05, 3.63) is 17.7 Å². The van der Waals surface area contributed by atoms with Crippen LogP contribution < -0.4 is 4.74 Å². The fourth-order valence-electron chi connectivity index (χ4n) is 1.16. The molecule has 1 heterocycles. The van der Waals surface area contributed by atoms with Gasteiger partial charge in [0.05, 0.1) is 6.42 Å². The van der Waals surface area contributed by atoms with Gasteiger partial charge in [-0.25, -0.2) is 0 Å². The lowest BCUT2D eigenvalue weighted by molar-refractivity contribution is -0.131. The molecule has 0 saturated carbocycles. The molecule has 0 fully saturated rings. The number of hydrogen-bond donors (Lipinski definition) is 2. The topological polar surface area (TPSA) is 66.8 Å². The first-order valence-electron chi connectivity index (χ1n) is 3.43. The van der Waals surface area contributed by atoms with Crippen molar-refractivity contribution < 1.29 is 19.7 Å². The molecule has 1 aliphatic rings. The summed E-state index contributed by atoms with van der Waals surface area (Å²) < 4.78 is 4.67. The predicted octanol–water partition coefficient (Wildman–Crippen LogP) is 0.559. The van der Waals surface area contributed by atoms with Crippen LogP contribution in [0.15, 0.2) is 12.1 Å². The fraction of sp³-hybridized carbons (Fsp3) is 0.125. The minimum Gasteiger partial charge on any atom is -0.504 e. The van der Waals surface area contributed by atoms with Crippen LogP contribution in [0, 0.1) is 0 Å². The van der Waals surface area contributed by atoms with Gasteiger partial charge in [-0.3, -0.25) is 4.79 Å². The van der Waals surface area contributed by atoms with E-state index in [9.17, 15) is 9.90 Å². The Kier molecular flexibility index (Phi) is 1.24. The Morgan fingerprint density at radius 3 is 2.83 bits per heavy atom. The molecule has 0 unspecified atom stereocenters. The quantitative estimate of drug-likeness (QED) is 0.335. The molecule has 0 spiro atoms. The lowest BCUT2D eigenvalue weighted by Crippen LogP contribution is -2.00. The molecule has 0 radical (unpaired) electrons. The van der Waals surface area contributed by atoms with Crippen molar-refractivity contribution in [3.63, 3.8) is 0 Å². The molecule has 0 atom stereocenters. The molecule has 0 amide bonds. The molecule has 0 saturated heterocycles. The normalized spacial score (nSPS) is 14.2. The van der Waals surface area contributed by atoms with E-state index in [0.717, 1.165) is 0 Å². The zero-order valence-electron chi connectivity index (χ0n) is 6.07. The van der Waals surface area contributed by atoms with Crippen LogP contribution in [0.1, 0.15) is 5.56 Å². The van der Waals surface area contributed by atoms with E-state index in [-0.39, 0.29) is 23.7 Å². The van der Waals surface area contributed by atoms with Crippen LogP contribution in [-0.2, 0) is 11.2 Å². The largest absolute Gasteiger partial charge is 0.504 e. The summed E-state index contributed by atoms with van der Waals surface area (Å²) in [7, 11) is 0. The van der Waals surface area contributed by atoms with Gasteiger partial charge < -0.3 is 14.9 Å². The SMILES string of the molecule is O=C1Cc2ccc(O)c(O)c2O1. The minimum atomic E-state index is -0.411. The number of carbonyl (C=O) groups is 1. The first kappa shape index (κ1) is 6.97. The van der Waals surface area contributed by atoms with Crippen LogP contribution in [0.5, 0.6) is 17.2 Å². The molecule has 12 heavy (non-hydrogen) atoms. The van der Waals surface area contributed by atoms with Gasteiger partial charge in [-0.15, -0.1) is 0 Å². The first-order chi connectivity index (χ1) is 5.68. The van der Waals surface area contributed by atoms with Crippen LogP contribution in [0.4, 0.5) is 0 Å². The molecule has 2 N–H and O–H groups in total. The highest BCUT2D eigenvalue weighted by Gasteiger charge is 2.24. The van der Waals surface area contributed by atoms with Crippen molar-refractivity contribution in [1.29, 1.82) is 0 Å². The second-order valence-corrected chi connectivity index (χ2v) is 2.57. The van der Waals surface area contributed by atoms with E-state index in [0.29, 0.717) is 5.56 Å². The van der Waals surface area contributed by atoms with Crippen molar-refractivity contribution in [2.45, 2.75) is 6.42 Å². The van der Waals surface area contributed by atoms with E-state index in [1.807, 2.05) is 0 Å². The number of phenols is 2. The monoisotopic (exact) mass is 166 g/mol. The van der Waals surface area contributed by atoms with Gasteiger partial charge in [0.2, 0.25) is 5.75 Å². The zero-order chi connectivity index (χ0) is 8.72. The zero-order valence-corrected chi connectivity index (χ0v) is 6.07. The number of ether oxygens (including phenoxy) is 1. The van der Waals surface area contributed by atoms with Gasteiger partial charge >= 0.3 is 5.97 Å². The van der Waals surface area contributed by atoms with Crippen molar-refractivity contribution in [2.24, 2.45) is 0 Å². The van der Waals surface area contributed by atoms with Gasteiger partial charge in [0.15, 0.2) is 11.5 Å². The van der Waals surface area contributed by atoms with Crippen LogP contribution in [0.3, 0.4) is 0 Å². The van der Waals surface area contributed by atoms with Crippen LogP contribution >= 0.6 is 0 Å². The minimum absolute atomic E-state index is 0.0833. The van der Waals surface area contributed by atoms with E-state index in [4.69, 9.17) is 5.11 Å². The van der Waals surface area contributed by atoms with E-state index in [1.54, 1.807) is 6.07 Å². The average Bonchev–Trinajstić information content (AvgIpc) is 2.39. The number of rotatable bonds is 0. The lowest BCUT2D eigenvalue weighted by atomic mass is 10.1. The molecule has 0 aromatic heterocycles. The van der Waals surface area contributed by atoms with E-state index < -0.39 is 5.97 Å². The number of hydrogen-bond acceptors (Lipinski definition) is 4. The number of esters is 1. The Balaban J connectivity index is 2.61. The summed E-state index contributed by atoms with van der Waals surface area (Å²) in [5, 5.41) is 18.2. The highest BCUT2D eigenvalue weighted by atomic mass is 16.5. The number of phenolic OH excluding ortho intramolecular Hbond substituents is 2. The molecule has 0 aliphatic carbocycles. The Bertz CT molecular complexity index is 356. The third-order valence-corrected chi connectivity index (χ3v) is 1.74. The summed E-state index contributed by atoms with van der Waals surface area (Å²) >= 11 is 0. The van der Waals surface area contributed by atoms with Gasteiger partial charge in [-0.1, -0.05) is 6.07 Å². The number of fused-ring (bicyclic) bond motifs is 1. The number of aromatic hydroxyl groups is 2. The summed E-state index contributed by atoms with van der Waals surface area (Å²) in [5.74, 6) is -0.965. The van der Waals surface area contributed by atoms with Crippen molar-refractivity contribution in [1.82, 2.24) is 0 Å². The van der Waals surface area contributed by atoms with Gasteiger partial charge in [-0.05, 0) is 6.07 Å². The van der Waals surface area contributed by atoms with Crippen molar-refractivity contribution >= 4 is 5.97 Å². The molecule has 1 aromatic carbocycles. The molecule has 4 nitrogen and oxygen atoms in total. The van der Waals surface area contributed by atoms with Crippen LogP contribution in [0.25, 0.3) is 0 Å². The van der Waals surface area contributed by atoms with Gasteiger partial charge in [0, 0.05) is 5.56 Å².